The van der Waals surface area contributed by atoms with Gasteiger partial charge in [0.1, 0.15) is 11.5 Å². The highest BCUT2D eigenvalue weighted by Crippen LogP contribution is 2.15. The van der Waals surface area contributed by atoms with E-state index in [-0.39, 0.29) is 5.91 Å². The monoisotopic (exact) mass is 341 g/mol. The molecular weight excluding hydrogens is 326 g/mol. The van der Waals surface area contributed by atoms with Crippen LogP contribution in [0.4, 0.5) is 5.69 Å². The van der Waals surface area contributed by atoms with Crippen LogP contribution in [0.2, 0.25) is 5.02 Å². The second kappa shape index (κ2) is 7.66. The van der Waals surface area contributed by atoms with Crippen LogP contribution in [0.1, 0.15) is 21.8 Å². The van der Waals surface area contributed by atoms with Crippen LogP contribution in [0.25, 0.3) is 0 Å². The average Bonchev–Trinajstić information content (AvgIpc) is 3.13. The number of carbonyl (C=O) groups excluding carboxylic acids is 1. The van der Waals surface area contributed by atoms with Crippen molar-refractivity contribution in [2.24, 2.45) is 0 Å². The molecule has 5 nitrogen and oxygen atoms in total. The van der Waals surface area contributed by atoms with Crippen LogP contribution in [0, 0.1) is 0 Å². The number of nitrogens with zero attached hydrogens (tertiary/aromatic N) is 1. The Hall–Kier alpha value is -2.79. The normalized spacial score (nSPS) is 10.4. The summed E-state index contributed by atoms with van der Waals surface area (Å²) in [6.07, 6.45) is 3.21. The van der Waals surface area contributed by atoms with Gasteiger partial charge < -0.3 is 15.1 Å². The van der Waals surface area contributed by atoms with E-state index < -0.39 is 0 Å². The van der Waals surface area contributed by atoms with E-state index in [2.05, 4.69) is 15.6 Å². The van der Waals surface area contributed by atoms with Gasteiger partial charge in [-0.1, -0.05) is 29.8 Å². The molecule has 2 aromatic heterocycles. The number of anilines is 1. The first kappa shape index (κ1) is 16.1. The molecule has 2 heterocycles. The number of pyridine rings is 1. The van der Waals surface area contributed by atoms with Gasteiger partial charge in [-0.25, -0.2) is 0 Å². The third kappa shape index (κ3) is 4.14. The Bertz CT molecular complexity index is 819. The zero-order chi connectivity index (χ0) is 16.8. The fourth-order valence-corrected chi connectivity index (χ4v) is 2.38. The Labute approximate surface area is 144 Å². The van der Waals surface area contributed by atoms with Crippen LogP contribution in [-0.2, 0) is 13.1 Å². The number of halogens is 1. The van der Waals surface area contributed by atoms with E-state index in [1.807, 2.05) is 30.3 Å². The van der Waals surface area contributed by atoms with Gasteiger partial charge >= 0.3 is 0 Å². The van der Waals surface area contributed by atoms with Crippen LogP contribution < -0.4 is 10.6 Å². The van der Waals surface area contributed by atoms with Gasteiger partial charge in [-0.3, -0.25) is 9.78 Å². The second-order valence-corrected chi connectivity index (χ2v) is 5.54. The molecule has 1 aromatic carbocycles. The van der Waals surface area contributed by atoms with Gasteiger partial charge in [0.05, 0.1) is 12.8 Å². The van der Waals surface area contributed by atoms with Crippen molar-refractivity contribution in [2.45, 2.75) is 13.1 Å². The maximum Gasteiger partial charge on any atom is 0.270 e. The van der Waals surface area contributed by atoms with E-state index >= 15 is 0 Å². The van der Waals surface area contributed by atoms with Crippen LogP contribution >= 0.6 is 11.6 Å². The maximum absolute atomic E-state index is 12.3. The molecule has 1 amide bonds. The molecule has 0 unspecified atom stereocenters. The van der Waals surface area contributed by atoms with Crippen molar-refractivity contribution >= 4 is 23.2 Å². The van der Waals surface area contributed by atoms with Gasteiger partial charge in [0.25, 0.3) is 5.91 Å². The molecule has 3 aromatic rings. The SMILES string of the molecule is O=C(NCc1ccccc1Cl)c1cc(NCc2ccco2)ccn1. The Morgan fingerprint density at radius 2 is 2.00 bits per heavy atom. The molecule has 0 aliphatic carbocycles. The highest BCUT2D eigenvalue weighted by atomic mass is 35.5. The zero-order valence-corrected chi connectivity index (χ0v) is 13.6. The molecule has 0 saturated carbocycles. The molecule has 0 atom stereocenters. The van der Waals surface area contributed by atoms with Crippen molar-refractivity contribution in [1.29, 1.82) is 0 Å². The summed E-state index contributed by atoms with van der Waals surface area (Å²) in [6, 6.07) is 14.6. The first-order chi connectivity index (χ1) is 11.7. The maximum atomic E-state index is 12.3. The Morgan fingerprint density at radius 3 is 2.79 bits per heavy atom. The molecule has 0 radical (unpaired) electrons. The smallest absolute Gasteiger partial charge is 0.270 e. The van der Waals surface area contributed by atoms with E-state index in [0.717, 1.165) is 17.0 Å². The van der Waals surface area contributed by atoms with Gasteiger partial charge in [-0.15, -0.1) is 0 Å². The van der Waals surface area contributed by atoms with E-state index in [9.17, 15) is 4.79 Å². The highest BCUT2D eigenvalue weighted by molar-refractivity contribution is 6.31. The molecule has 122 valence electrons. The molecule has 0 saturated heterocycles. The minimum atomic E-state index is -0.253. The van der Waals surface area contributed by atoms with Crippen LogP contribution in [-0.4, -0.2) is 10.9 Å². The van der Waals surface area contributed by atoms with Crippen molar-refractivity contribution in [1.82, 2.24) is 10.3 Å². The summed E-state index contributed by atoms with van der Waals surface area (Å²) in [5.41, 5.74) is 2.00. The van der Waals surface area contributed by atoms with Gasteiger partial charge in [0, 0.05) is 23.5 Å². The van der Waals surface area contributed by atoms with Crippen LogP contribution in [0.15, 0.2) is 65.4 Å². The fourth-order valence-electron chi connectivity index (χ4n) is 2.17. The molecule has 2 N–H and O–H groups in total. The summed E-state index contributed by atoms with van der Waals surface area (Å²) in [5, 5.41) is 6.64. The highest BCUT2D eigenvalue weighted by Gasteiger charge is 2.09. The summed E-state index contributed by atoms with van der Waals surface area (Å²) < 4.78 is 5.26. The molecule has 0 aliphatic heterocycles. The van der Waals surface area contributed by atoms with Gasteiger partial charge in [-0.05, 0) is 35.9 Å². The third-order valence-electron chi connectivity index (χ3n) is 3.44. The predicted octanol–water partition coefficient (Wildman–Crippen LogP) is 3.87. The van der Waals surface area contributed by atoms with Crippen LogP contribution in [0.5, 0.6) is 0 Å². The number of benzene rings is 1. The third-order valence-corrected chi connectivity index (χ3v) is 3.81. The number of amides is 1. The first-order valence-corrected chi connectivity index (χ1v) is 7.84. The minimum absolute atomic E-state index is 0.253. The standard InChI is InChI=1S/C18H16ClN3O2/c19-16-6-2-1-4-13(16)11-22-18(23)17-10-14(7-8-20-17)21-12-15-5-3-9-24-15/h1-10H,11-12H2,(H,20,21)(H,22,23). The second-order valence-electron chi connectivity index (χ2n) is 5.14. The number of hydrogen-bond acceptors (Lipinski definition) is 4. The summed E-state index contributed by atoms with van der Waals surface area (Å²) in [6.45, 7) is 0.891. The molecule has 0 fully saturated rings. The topological polar surface area (TPSA) is 67.2 Å². The summed E-state index contributed by atoms with van der Waals surface area (Å²) >= 11 is 6.08. The summed E-state index contributed by atoms with van der Waals surface area (Å²) in [5.74, 6) is 0.563. The zero-order valence-electron chi connectivity index (χ0n) is 12.8. The summed E-state index contributed by atoms with van der Waals surface area (Å²) in [4.78, 5) is 16.4. The van der Waals surface area contributed by atoms with E-state index in [1.165, 1.54) is 0 Å². The van der Waals surface area contributed by atoms with Crippen molar-refractivity contribution in [2.75, 3.05) is 5.32 Å². The van der Waals surface area contributed by atoms with Gasteiger partial charge in [-0.2, -0.15) is 0 Å². The molecule has 0 bridgehead atoms. The van der Waals surface area contributed by atoms with Crippen LogP contribution in [0.3, 0.4) is 0 Å². The molecular formula is C18H16ClN3O2. The molecule has 24 heavy (non-hydrogen) atoms. The predicted molar refractivity (Wildman–Crippen MR) is 92.9 cm³/mol. The van der Waals surface area contributed by atoms with Crippen molar-refractivity contribution in [3.05, 3.63) is 83.0 Å². The molecule has 0 aliphatic rings. The Kier molecular flexibility index (Phi) is 5.13. The number of hydrogen-bond donors (Lipinski definition) is 2. The Morgan fingerprint density at radius 1 is 1.12 bits per heavy atom. The van der Waals surface area contributed by atoms with Crippen molar-refractivity contribution < 1.29 is 9.21 Å². The lowest BCUT2D eigenvalue weighted by molar-refractivity contribution is 0.0946. The Balaban J connectivity index is 1.60. The lowest BCUT2D eigenvalue weighted by atomic mass is 10.2. The van der Waals surface area contributed by atoms with E-state index in [0.29, 0.717) is 23.8 Å². The number of nitrogens with one attached hydrogen (secondary N) is 2. The lowest BCUT2D eigenvalue weighted by Crippen LogP contribution is -2.24. The number of carbonyl (C=O) groups is 1. The quantitative estimate of drug-likeness (QED) is 0.714. The summed E-state index contributed by atoms with van der Waals surface area (Å²) in [7, 11) is 0. The van der Waals surface area contributed by atoms with E-state index in [4.69, 9.17) is 16.0 Å². The number of furan rings is 1. The minimum Gasteiger partial charge on any atom is -0.467 e. The largest absolute Gasteiger partial charge is 0.467 e. The molecule has 0 spiro atoms. The van der Waals surface area contributed by atoms with Gasteiger partial charge in [0.2, 0.25) is 0 Å². The molecule has 6 heteroatoms. The fraction of sp³-hybridized carbons (Fsp3) is 0.111. The van der Waals surface area contributed by atoms with E-state index in [1.54, 1.807) is 30.7 Å². The number of rotatable bonds is 6. The van der Waals surface area contributed by atoms with Gasteiger partial charge in [0.15, 0.2) is 0 Å². The van der Waals surface area contributed by atoms with Crippen molar-refractivity contribution in [3.63, 3.8) is 0 Å². The average molecular weight is 342 g/mol. The van der Waals surface area contributed by atoms with Crippen molar-refractivity contribution in [3.8, 4) is 0 Å². The first-order valence-electron chi connectivity index (χ1n) is 7.46. The molecule has 3 rings (SSSR count). The number of aromatic nitrogens is 1. The lowest BCUT2D eigenvalue weighted by Gasteiger charge is -2.08.